The molecule has 1 rings (SSSR count). The normalized spacial score (nSPS) is 13.5. The van der Waals surface area contributed by atoms with E-state index in [0.29, 0.717) is 18.2 Å². The summed E-state index contributed by atoms with van der Waals surface area (Å²) in [5.74, 6) is 0.579. The molecule has 1 atom stereocenters. The Morgan fingerprint density at radius 2 is 2.05 bits per heavy atom. The Morgan fingerprint density at radius 1 is 1.42 bits per heavy atom. The lowest BCUT2D eigenvalue weighted by atomic mass is 10.1. The average Bonchev–Trinajstić information content (AvgIpc) is 2.37. The maximum atomic E-state index is 12.5. The number of methoxy groups -OCH3 is 1. The molecule has 108 valence electrons. The Labute approximate surface area is 115 Å². The molecule has 1 aromatic carbocycles. The van der Waals surface area contributed by atoms with Crippen LogP contribution in [0.4, 0.5) is 5.69 Å². The zero-order chi connectivity index (χ0) is 14.6. The van der Waals surface area contributed by atoms with Crippen molar-refractivity contribution >= 4 is 15.7 Å². The van der Waals surface area contributed by atoms with Crippen molar-refractivity contribution in [2.24, 2.45) is 5.92 Å². The second kappa shape index (κ2) is 6.25. The van der Waals surface area contributed by atoms with Gasteiger partial charge in [0.05, 0.1) is 7.11 Å². The van der Waals surface area contributed by atoms with Gasteiger partial charge in [-0.1, -0.05) is 20.3 Å². The zero-order valence-corrected chi connectivity index (χ0v) is 12.7. The van der Waals surface area contributed by atoms with Gasteiger partial charge in [-0.05, 0) is 18.1 Å². The fourth-order valence-electron chi connectivity index (χ4n) is 1.73. The smallest absolute Gasteiger partial charge is 0.246 e. The Bertz CT molecular complexity index is 529. The van der Waals surface area contributed by atoms with E-state index in [4.69, 9.17) is 10.5 Å². The number of benzene rings is 1. The molecule has 0 aromatic heterocycles. The van der Waals surface area contributed by atoms with Gasteiger partial charge in [0.2, 0.25) is 10.0 Å². The van der Waals surface area contributed by atoms with E-state index < -0.39 is 10.0 Å². The summed E-state index contributed by atoms with van der Waals surface area (Å²) in [5, 5.41) is 0. The molecule has 0 amide bonds. The first kappa shape index (κ1) is 15.8. The number of nitrogens with two attached hydrogens (primary N) is 1. The monoisotopic (exact) mass is 286 g/mol. The highest BCUT2D eigenvalue weighted by Gasteiger charge is 2.25. The topological polar surface area (TPSA) is 72.6 Å². The van der Waals surface area contributed by atoms with Crippen LogP contribution in [0.2, 0.25) is 0 Å². The molecule has 0 aliphatic heterocycles. The minimum atomic E-state index is -3.55. The highest BCUT2D eigenvalue weighted by molar-refractivity contribution is 7.89. The van der Waals surface area contributed by atoms with Gasteiger partial charge in [0.25, 0.3) is 0 Å². The van der Waals surface area contributed by atoms with E-state index in [1.807, 2.05) is 13.8 Å². The molecule has 0 spiro atoms. The average molecular weight is 286 g/mol. The summed E-state index contributed by atoms with van der Waals surface area (Å²) in [5.41, 5.74) is 6.11. The molecule has 2 N–H and O–H groups in total. The van der Waals surface area contributed by atoms with Gasteiger partial charge < -0.3 is 10.5 Å². The molecule has 0 aliphatic carbocycles. The fourth-order valence-corrected chi connectivity index (χ4v) is 3.15. The van der Waals surface area contributed by atoms with Gasteiger partial charge in [0.1, 0.15) is 10.6 Å². The molecule has 6 heteroatoms. The third-order valence-electron chi connectivity index (χ3n) is 3.14. The lowest BCUT2D eigenvalue weighted by molar-refractivity contribution is 0.381. The highest BCUT2D eigenvalue weighted by Crippen LogP contribution is 2.28. The number of ether oxygens (including phenoxy) is 1. The maximum absolute atomic E-state index is 12.5. The van der Waals surface area contributed by atoms with Gasteiger partial charge in [-0.2, -0.15) is 0 Å². The summed E-state index contributed by atoms with van der Waals surface area (Å²) in [6, 6.07) is 4.56. The number of rotatable bonds is 6. The summed E-state index contributed by atoms with van der Waals surface area (Å²) in [4.78, 5) is 0.148. The van der Waals surface area contributed by atoms with Crippen molar-refractivity contribution in [3.05, 3.63) is 18.2 Å². The zero-order valence-electron chi connectivity index (χ0n) is 11.9. The molecule has 0 saturated carbocycles. The first-order valence-electron chi connectivity index (χ1n) is 6.22. The SMILES string of the molecule is CCC(C)CN(C)S(=O)(=O)c1ccc(N)cc1OC. The van der Waals surface area contributed by atoms with E-state index in [1.54, 1.807) is 13.1 Å². The minimum Gasteiger partial charge on any atom is -0.495 e. The summed E-state index contributed by atoms with van der Waals surface area (Å²) < 4.78 is 31.4. The number of hydrogen-bond acceptors (Lipinski definition) is 4. The van der Waals surface area contributed by atoms with Crippen LogP contribution in [0, 0.1) is 5.92 Å². The second-order valence-corrected chi connectivity index (χ2v) is 6.72. The lowest BCUT2D eigenvalue weighted by Gasteiger charge is -2.21. The van der Waals surface area contributed by atoms with Crippen LogP contribution in [0.5, 0.6) is 5.75 Å². The van der Waals surface area contributed by atoms with Crippen molar-refractivity contribution in [3.63, 3.8) is 0 Å². The molecule has 19 heavy (non-hydrogen) atoms. The summed E-state index contributed by atoms with van der Waals surface area (Å²) in [6.07, 6.45) is 0.929. The van der Waals surface area contributed by atoms with Crippen molar-refractivity contribution in [1.82, 2.24) is 4.31 Å². The maximum Gasteiger partial charge on any atom is 0.246 e. The number of anilines is 1. The quantitative estimate of drug-likeness (QED) is 0.811. The second-order valence-electron chi connectivity index (χ2n) is 4.71. The van der Waals surface area contributed by atoms with Crippen LogP contribution in [0.3, 0.4) is 0 Å². The predicted molar refractivity (Wildman–Crippen MR) is 76.7 cm³/mol. The number of sulfonamides is 1. The fraction of sp³-hybridized carbons (Fsp3) is 0.538. The van der Waals surface area contributed by atoms with E-state index in [9.17, 15) is 8.42 Å². The Morgan fingerprint density at radius 3 is 2.58 bits per heavy atom. The van der Waals surface area contributed by atoms with Crippen molar-refractivity contribution in [2.75, 3.05) is 26.4 Å². The standard InChI is InChI=1S/C13H22N2O3S/c1-5-10(2)9-15(3)19(16,17)13-7-6-11(14)8-12(13)18-4/h6-8,10H,5,9,14H2,1-4H3. The number of nitrogen functional groups attached to an aromatic ring is 1. The number of hydrogen-bond donors (Lipinski definition) is 1. The molecule has 0 fully saturated rings. The first-order chi connectivity index (χ1) is 8.82. The lowest BCUT2D eigenvalue weighted by Crippen LogP contribution is -2.31. The molecule has 0 saturated heterocycles. The van der Waals surface area contributed by atoms with Crippen LogP contribution in [-0.2, 0) is 10.0 Å². The van der Waals surface area contributed by atoms with Crippen LogP contribution in [0.15, 0.2) is 23.1 Å². The van der Waals surface area contributed by atoms with Gasteiger partial charge in [0.15, 0.2) is 0 Å². The van der Waals surface area contributed by atoms with Crippen molar-refractivity contribution < 1.29 is 13.2 Å². The first-order valence-corrected chi connectivity index (χ1v) is 7.66. The predicted octanol–water partition coefficient (Wildman–Crippen LogP) is 1.94. The van der Waals surface area contributed by atoms with E-state index >= 15 is 0 Å². The summed E-state index contributed by atoms with van der Waals surface area (Å²) >= 11 is 0. The Kier molecular flexibility index (Phi) is 5.20. The van der Waals surface area contributed by atoms with Crippen LogP contribution in [-0.4, -0.2) is 33.4 Å². The van der Waals surface area contributed by atoms with Crippen molar-refractivity contribution in [1.29, 1.82) is 0 Å². The molecule has 5 nitrogen and oxygen atoms in total. The minimum absolute atomic E-state index is 0.148. The van der Waals surface area contributed by atoms with Crippen LogP contribution in [0.1, 0.15) is 20.3 Å². The third-order valence-corrected chi connectivity index (χ3v) is 5.00. The van der Waals surface area contributed by atoms with E-state index in [1.165, 1.54) is 23.5 Å². The highest BCUT2D eigenvalue weighted by atomic mass is 32.2. The molecule has 1 aromatic rings. The van der Waals surface area contributed by atoms with Gasteiger partial charge in [-0.3, -0.25) is 0 Å². The van der Waals surface area contributed by atoms with E-state index in [-0.39, 0.29) is 10.6 Å². The van der Waals surface area contributed by atoms with Gasteiger partial charge >= 0.3 is 0 Å². The molecule has 0 heterocycles. The van der Waals surface area contributed by atoms with Crippen molar-refractivity contribution in [3.8, 4) is 5.75 Å². The molecule has 0 radical (unpaired) electrons. The number of nitrogens with zero attached hydrogens (tertiary/aromatic N) is 1. The largest absolute Gasteiger partial charge is 0.495 e. The van der Waals surface area contributed by atoms with Crippen LogP contribution >= 0.6 is 0 Å². The molecule has 0 bridgehead atoms. The van der Waals surface area contributed by atoms with E-state index in [2.05, 4.69) is 0 Å². The molecular weight excluding hydrogens is 264 g/mol. The summed E-state index contributed by atoms with van der Waals surface area (Å²) in [7, 11) is -0.537. The van der Waals surface area contributed by atoms with E-state index in [0.717, 1.165) is 6.42 Å². The van der Waals surface area contributed by atoms with Crippen LogP contribution in [0.25, 0.3) is 0 Å². The van der Waals surface area contributed by atoms with Gasteiger partial charge in [0, 0.05) is 25.3 Å². The Balaban J connectivity index is 3.13. The van der Waals surface area contributed by atoms with Gasteiger partial charge in [-0.25, -0.2) is 12.7 Å². The van der Waals surface area contributed by atoms with Crippen molar-refractivity contribution in [2.45, 2.75) is 25.2 Å². The Hall–Kier alpha value is -1.27. The molecular formula is C13H22N2O3S. The third kappa shape index (κ3) is 3.61. The summed E-state index contributed by atoms with van der Waals surface area (Å²) in [6.45, 7) is 4.54. The molecule has 1 unspecified atom stereocenters. The molecule has 0 aliphatic rings. The van der Waals surface area contributed by atoms with Gasteiger partial charge in [-0.15, -0.1) is 0 Å². The van der Waals surface area contributed by atoms with Crippen LogP contribution < -0.4 is 10.5 Å².